The predicted octanol–water partition coefficient (Wildman–Crippen LogP) is 3.39. The molecule has 0 aliphatic carbocycles. The van der Waals surface area contributed by atoms with Gasteiger partial charge in [0.1, 0.15) is 11.6 Å². The molecule has 0 bridgehead atoms. The minimum Gasteiger partial charge on any atom is -0.348 e. The number of fused-ring (bicyclic) bond motifs is 1. The van der Waals surface area contributed by atoms with Crippen LogP contribution in [0.4, 0.5) is 5.69 Å². The van der Waals surface area contributed by atoms with E-state index in [0.717, 1.165) is 16.8 Å². The van der Waals surface area contributed by atoms with Gasteiger partial charge in [0.15, 0.2) is 0 Å². The van der Waals surface area contributed by atoms with Gasteiger partial charge in [0, 0.05) is 5.56 Å². The highest BCUT2D eigenvalue weighted by Gasteiger charge is 2.40. The molecule has 2 rings (SSSR count). The van der Waals surface area contributed by atoms with Crippen LogP contribution in [0.1, 0.15) is 38.0 Å². The minimum absolute atomic E-state index is 0.0331. The van der Waals surface area contributed by atoms with E-state index in [9.17, 15) is 4.79 Å². The maximum atomic E-state index is 12.1. The number of hydrogen-bond donors (Lipinski definition) is 0. The first-order valence-corrected chi connectivity index (χ1v) is 6.57. The van der Waals surface area contributed by atoms with Crippen LogP contribution in [0.2, 0.25) is 0 Å². The number of carbonyl (C=O) groups is 1. The van der Waals surface area contributed by atoms with Gasteiger partial charge < -0.3 is 4.74 Å². The molecule has 98 valence electrons. The number of anilines is 1. The summed E-state index contributed by atoms with van der Waals surface area (Å²) in [5, 5.41) is 0. The maximum absolute atomic E-state index is 12.1. The third-order valence-electron chi connectivity index (χ3n) is 3.23. The summed E-state index contributed by atoms with van der Waals surface area (Å²) in [6.07, 6.45) is -0.0331. The SMILES string of the molecule is Cc1ccc2c(c1)C(C)OC(C)(C)N2C(=O)CCl. The van der Waals surface area contributed by atoms with Gasteiger partial charge in [0.05, 0.1) is 11.8 Å². The van der Waals surface area contributed by atoms with Gasteiger partial charge in [-0.3, -0.25) is 9.69 Å². The zero-order chi connectivity index (χ0) is 13.5. The lowest BCUT2D eigenvalue weighted by molar-refractivity contribution is -0.128. The molecule has 4 heteroatoms. The number of carbonyl (C=O) groups excluding carboxylic acids is 1. The fourth-order valence-electron chi connectivity index (χ4n) is 2.54. The number of aryl methyl sites for hydroxylation is 1. The lowest BCUT2D eigenvalue weighted by atomic mass is 9.99. The Morgan fingerprint density at radius 1 is 1.50 bits per heavy atom. The second kappa shape index (κ2) is 4.56. The molecule has 0 N–H and O–H groups in total. The fourth-order valence-corrected chi connectivity index (χ4v) is 2.66. The average molecular weight is 268 g/mol. The Morgan fingerprint density at radius 3 is 2.78 bits per heavy atom. The van der Waals surface area contributed by atoms with Crippen molar-refractivity contribution in [3.05, 3.63) is 29.3 Å². The van der Waals surface area contributed by atoms with Crippen molar-refractivity contribution in [3.8, 4) is 0 Å². The van der Waals surface area contributed by atoms with Crippen LogP contribution in [0, 0.1) is 6.92 Å². The molecule has 1 unspecified atom stereocenters. The molecule has 0 spiro atoms. The fraction of sp³-hybridized carbons (Fsp3) is 0.500. The Bertz CT molecular complexity index is 485. The molecule has 1 atom stereocenters. The summed E-state index contributed by atoms with van der Waals surface area (Å²) < 4.78 is 5.94. The quantitative estimate of drug-likeness (QED) is 0.730. The van der Waals surface area contributed by atoms with Crippen LogP contribution in [0.25, 0.3) is 0 Å². The molecule has 1 amide bonds. The number of halogens is 1. The van der Waals surface area contributed by atoms with E-state index in [1.165, 1.54) is 0 Å². The second-order valence-corrected chi connectivity index (χ2v) is 5.40. The van der Waals surface area contributed by atoms with E-state index in [1.807, 2.05) is 39.8 Å². The van der Waals surface area contributed by atoms with Crippen LogP contribution >= 0.6 is 11.6 Å². The minimum atomic E-state index is -0.673. The van der Waals surface area contributed by atoms with E-state index in [1.54, 1.807) is 4.90 Å². The molecule has 1 aromatic carbocycles. The number of benzene rings is 1. The van der Waals surface area contributed by atoms with Crippen molar-refractivity contribution >= 4 is 23.2 Å². The van der Waals surface area contributed by atoms with Crippen LogP contribution in [-0.2, 0) is 9.53 Å². The molecule has 0 saturated heterocycles. The Labute approximate surface area is 113 Å². The number of alkyl halides is 1. The molecular formula is C14H18ClNO2. The number of rotatable bonds is 1. The number of nitrogens with zero attached hydrogens (tertiary/aromatic N) is 1. The summed E-state index contributed by atoms with van der Waals surface area (Å²) in [5.41, 5.74) is 2.41. The highest BCUT2D eigenvalue weighted by Crippen LogP contribution is 2.41. The number of ether oxygens (including phenoxy) is 1. The van der Waals surface area contributed by atoms with Gasteiger partial charge in [-0.25, -0.2) is 0 Å². The predicted molar refractivity (Wildman–Crippen MR) is 73.0 cm³/mol. The van der Waals surface area contributed by atoms with Crippen molar-refractivity contribution < 1.29 is 9.53 Å². The Hall–Kier alpha value is -1.06. The zero-order valence-electron chi connectivity index (χ0n) is 11.2. The van der Waals surface area contributed by atoms with E-state index >= 15 is 0 Å². The van der Waals surface area contributed by atoms with Crippen LogP contribution in [-0.4, -0.2) is 17.5 Å². The van der Waals surface area contributed by atoms with Crippen molar-refractivity contribution in [3.63, 3.8) is 0 Å². The first-order chi connectivity index (χ1) is 8.36. The van der Waals surface area contributed by atoms with E-state index in [-0.39, 0.29) is 17.9 Å². The van der Waals surface area contributed by atoms with Crippen molar-refractivity contribution in [2.75, 3.05) is 10.8 Å². The lowest BCUT2D eigenvalue weighted by Crippen LogP contribution is -2.53. The van der Waals surface area contributed by atoms with Gasteiger partial charge in [0.2, 0.25) is 5.91 Å². The van der Waals surface area contributed by atoms with Crippen molar-refractivity contribution in [1.82, 2.24) is 0 Å². The van der Waals surface area contributed by atoms with Crippen LogP contribution < -0.4 is 4.90 Å². The van der Waals surface area contributed by atoms with Gasteiger partial charge >= 0.3 is 0 Å². The first kappa shape index (κ1) is 13.4. The smallest absolute Gasteiger partial charge is 0.244 e. The van der Waals surface area contributed by atoms with Crippen molar-refractivity contribution in [2.24, 2.45) is 0 Å². The highest BCUT2D eigenvalue weighted by molar-refractivity contribution is 6.29. The van der Waals surface area contributed by atoms with E-state index < -0.39 is 5.72 Å². The second-order valence-electron chi connectivity index (χ2n) is 5.13. The number of amides is 1. The summed E-state index contributed by atoms with van der Waals surface area (Å²) >= 11 is 5.70. The summed E-state index contributed by atoms with van der Waals surface area (Å²) in [4.78, 5) is 13.7. The van der Waals surface area contributed by atoms with Crippen molar-refractivity contribution in [2.45, 2.75) is 39.5 Å². The topological polar surface area (TPSA) is 29.5 Å². The van der Waals surface area contributed by atoms with Crippen LogP contribution in [0.3, 0.4) is 0 Å². The highest BCUT2D eigenvalue weighted by atomic mass is 35.5. The van der Waals surface area contributed by atoms with Crippen LogP contribution in [0.15, 0.2) is 18.2 Å². The monoisotopic (exact) mass is 267 g/mol. The van der Waals surface area contributed by atoms with Gasteiger partial charge in [-0.15, -0.1) is 11.6 Å². The van der Waals surface area contributed by atoms with Crippen LogP contribution in [0.5, 0.6) is 0 Å². The number of hydrogen-bond acceptors (Lipinski definition) is 2. The Kier molecular flexibility index (Phi) is 3.39. The average Bonchev–Trinajstić information content (AvgIpc) is 2.28. The van der Waals surface area contributed by atoms with Crippen molar-refractivity contribution in [1.29, 1.82) is 0 Å². The molecule has 0 saturated carbocycles. The molecule has 1 aliphatic rings. The van der Waals surface area contributed by atoms with Gasteiger partial charge in [0.25, 0.3) is 0 Å². The molecule has 0 aromatic heterocycles. The van der Waals surface area contributed by atoms with E-state index in [0.29, 0.717) is 0 Å². The molecular weight excluding hydrogens is 250 g/mol. The van der Waals surface area contributed by atoms with E-state index in [2.05, 4.69) is 6.07 Å². The first-order valence-electron chi connectivity index (χ1n) is 6.04. The van der Waals surface area contributed by atoms with Gasteiger partial charge in [-0.1, -0.05) is 17.7 Å². The third-order valence-corrected chi connectivity index (χ3v) is 3.46. The Balaban J connectivity index is 2.58. The molecule has 0 radical (unpaired) electrons. The maximum Gasteiger partial charge on any atom is 0.244 e. The largest absolute Gasteiger partial charge is 0.348 e. The third kappa shape index (κ3) is 2.13. The zero-order valence-corrected chi connectivity index (χ0v) is 11.9. The summed E-state index contributed by atoms with van der Waals surface area (Å²) in [5.74, 6) is -0.187. The molecule has 0 fully saturated rings. The lowest BCUT2D eigenvalue weighted by Gasteiger charge is -2.45. The van der Waals surface area contributed by atoms with Gasteiger partial charge in [-0.2, -0.15) is 0 Å². The molecule has 1 aliphatic heterocycles. The van der Waals surface area contributed by atoms with E-state index in [4.69, 9.17) is 16.3 Å². The molecule has 18 heavy (non-hydrogen) atoms. The molecule has 3 nitrogen and oxygen atoms in total. The normalized spacial score (nSPS) is 21.6. The summed E-state index contributed by atoms with van der Waals surface area (Å²) in [6, 6.07) is 6.03. The summed E-state index contributed by atoms with van der Waals surface area (Å²) in [6.45, 7) is 7.80. The summed E-state index contributed by atoms with van der Waals surface area (Å²) in [7, 11) is 0. The molecule has 1 aromatic rings. The standard InChI is InChI=1S/C14H18ClNO2/c1-9-5-6-12-11(7-9)10(2)18-14(3,4)16(12)13(17)8-15/h5-7,10H,8H2,1-4H3. The molecule has 1 heterocycles. The van der Waals surface area contributed by atoms with Gasteiger partial charge in [-0.05, 0) is 33.8 Å². The Morgan fingerprint density at radius 2 is 2.17 bits per heavy atom.